The maximum absolute atomic E-state index is 12.1. The summed E-state index contributed by atoms with van der Waals surface area (Å²) in [5.74, 6) is 0.711. The number of carbonyl (C=O) groups excluding carboxylic acids is 1. The van der Waals surface area contributed by atoms with Crippen LogP contribution in [0.3, 0.4) is 0 Å². The van der Waals surface area contributed by atoms with Crippen LogP contribution in [0.4, 0.5) is 5.69 Å². The van der Waals surface area contributed by atoms with Gasteiger partial charge < -0.3 is 15.5 Å². The van der Waals surface area contributed by atoms with E-state index in [0.29, 0.717) is 18.9 Å². The molecule has 1 aliphatic rings. The molecule has 2 rings (SSSR count). The molecule has 110 valence electrons. The molecule has 0 saturated carbocycles. The van der Waals surface area contributed by atoms with Crippen molar-refractivity contribution >= 4 is 11.6 Å². The Bertz CT molecular complexity index is 413. The molecule has 1 aliphatic heterocycles. The zero-order valence-corrected chi connectivity index (χ0v) is 12.3. The number of nitrogens with two attached hydrogens (primary N) is 1. The number of carbonyl (C=O) groups is 1. The molecule has 1 amide bonds. The van der Waals surface area contributed by atoms with E-state index in [1.54, 1.807) is 0 Å². The van der Waals surface area contributed by atoms with Crippen LogP contribution in [0.15, 0.2) is 30.3 Å². The van der Waals surface area contributed by atoms with Crippen molar-refractivity contribution in [3.63, 3.8) is 0 Å². The summed E-state index contributed by atoms with van der Waals surface area (Å²) in [6.45, 7) is 6.25. The molecule has 1 unspecified atom stereocenters. The molecule has 20 heavy (non-hydrogen) atoms. The summed E-state index contributed by atoms with van der Waals surface area (Å²) >= 11 is 0. The zero-order chi connectivity index (χ0) is 14.4. The number of benzene rings is 1. The Morgan fingerprint density at radius 2 is 1.85 bits per heavy atom. The van der Waals surface area contributed by atoms with Crippen LogP contribution < -0.4 is 10.6 Å². The van der Waals surface area contributed by atoms with Crippen molar-refractivity contribution in [2.75, 3.05) is 37.6 Å². The molecule has 0 bridgehead atoms. The Kier molecular flexibility index (Phi) is 5.41. The van der Waals surface area contributed by atoms with Gasteiger partial charge in [0.25, 0.3) is 0 Å². The minimum Gasteiger partial charge on any atom is -0.368 e. The first-order valence-corrected chi connectivity index (χ1v) is 7.48. The van der Waals surface area contributed by atoms with E-state index in [9.17, 15) is 4.79 Å². The molecule has 0 spiro atoms. The quantitative estimate of drug-likeness (QED) is 0.890. The van der Waals surface area contributed by atoms with Crippen LogP contribution in [0.25, 0.3) is 0 Å². The van der Waals surface area contributed by atoms with Gasteiger partial charge in [-0.1, -0.05) is 25.1 Å². The topological polar surface area (TPSA) is 49.6 Å². The highest BCUT2D eigenvalue weighted by Crippen LogP contribution is 2.16. The number of hydrogen-bond acceptors (Lipinski definition) is 3. The van der Waals surface area contributed by atoms with Crippen LogP contribution in [0.5, 0.6) is 0 Å². The minimum atomic E-state index is 0.276. The second-order valence-corrected chi connectivity index (χ2v) is 5.58. The second-order valence-electron chi connectivity index (χ2n) is 5.58. The molecule has 1 aromatic carbocycles. The van der Waals surface area contributed by atoms with Crippen molar-refractivity contribution in [3.05, 3.63) is 30.3 Å². The first-order chi connectivity index (χ1) is 9.70. The average molecular weight is 275 g/mol. The van der Waals surface area contributed by atoms with Crippen LogP contribution in [0.1, 0.15) is 19.8 Å². The van der Waals surface area contributed by atoms with Crippen molar-refractivity contribution in [2.24, 2.45) is 11.7 Å². The molecule has 0 aromatic heterocycles. The van der Waals surface area contributed by atoms with Gasteiger partial charge in [0.1, 0.15) is 0 Å². The fourth-order valence-corrected chi connectivity index (χ4v) is 2.50. The van der Waals surface area contributed by atoms with Gasteiger partial charge in [0.2, 0.25) is 5.91 Å². The normalized spacial score (nSPS) is 17.1. The molecule has 4 heteroatoms. The standard InChI is InChI=1S/C16H25N3O/c1-14(13-17)7-8-16(20)19-11-9-18(10-12-19)15-5-3-2-4-6-15/h2-6,14H,7-13,17H2,1H3. The van der Waals surface area contributed by atoms with E-state index in [4.69, 9.17) is 5.73 Å². The Morgan fingerprint density at radius 3 is 2.45 bits per heavy atom. The van der Waals surface area contributed by atoms with Gasteiger partial charge in [0, 0.05) is 38.3 Å². The van der Waals surface area contributed by atoms with Gasteiger partial charge in [0.15, 0.2) is 0 Å². The Morgan fingerprint density at radius 1 is 1.20 bits per heavy atom. The van der Waals surface area contributed by atoms with E-state index >= 15 is 0 Å². The molecular weight excluding hydrogens is 250 g/mol. The molecule has 2 N–H and O–H groups in total. The summed E-state index contributed by atoms with van der Waals surface area (Å²) in [5, 5.41) is 0. The maximum Gasteiger partial charge on any atom is 0.222 e. The molecule has 4 nitrogen and oxygen atoms in total. The van der Waals surface area contributed by atoms with Crippen molar-refractivity contribution in [1.82, 2.24) is 4.90 Å². The predicted molar refractivity (Wildman–Crippen MR) is 82.7 cm³/mol. The lowest BCUT2D eigenvalue weighted by Gasteiger charge is -2.36. The van der Waals surface area contributed by atoms with E-state index in [2.05, 4.69) is 36.1 Å². The van der Waals surface area contributed by atoms with E-state index in [0.717, 1.165) is 32.6 Å². The smallest absolute Gasteiger partial charge is 0.222 e. The average Bonchev–Trinajstić information content (AvgIpc) is 2.53. The van der Waals surface area contributed by atoms with Gasteiger partial charge in [0.05, 0.1) is 0 Å². The third-order valence-corrected chi connectivity index (χ3v) is 4.01. The van der Waals surface area contributed by atoms with Gasteiger partial charge in [-0.3, -0.25) is 4.79 Å². The summed E-state index contributed by atoms with van der Waals surface area (Å²) in [6.07, 6.45) is 1.53. The fourth-order valence-electron chi connectivity index (χ4n) is 2.50. The monoisotopic (exact) mass is 275 g/mol. The highest BCUT2D eigenvalue weighted by atomic mass is 16.2. The van der Waals surface area contributed by atoms with E-state index in [1.165, 1.54) is 5.69 Å². The lowest BCUT2D eigenvalue weighted by molar-refractivity contribution is -0.131. The van der Waals surface area contributed by atoms with Gasteiger partial charge in [-0.25, -0.2) is 0 Å². The van der Waals surface area contributed by atoms with Gasteiger partial charge in [-0.2, -0.15) is 0 Å². The maximum atomic E-state index is 12.1. The molecule has 1 heterocycles. The van der Waals surface area contributed by atoms with Gasteiger partial charge in [-0.05, 0) is 31.0 Å². The highest BCUT2D eigenvalue weighted by molar-refractivity contribution is 5.76. The SMILES string of the molecule is CC(CN)CCC(=O)N1CCN(c2ccccc2)CC1. The first kappa shape index (κ1) is 14.9. The Labute approximate surface area is 121 Å². The van der Waals surface area contributed by atoms with Crippen LogP contribution in [-0.2, 0) is 4.79 Å². The number of nitrogens with zero attached hydrogens (tertiary/aromatic N) is 2. The number of para-hydroxylation sites is 1. The van der Waals surface area contributed by atoms with Crippen LogP contribution in [0.2, 0.25) is 0 Å². The lowest BCUT2D eigenvalue weighted by atomic mass is 10.1. The number of rotatable bonds is 5. The Balaban J connectivity index is 1.78. The molecule has 1 atom stereocenters. The van der Waals surface area contributed by atoms with Gasteiger partial charge >= 0.3 is 0 Å². The number of amides is 1. The van der Waals surface area contributed by atoms with E-state index in [-0.39, 0.29) is 5.91 Å². The summed E-state index contributed by atoms with van der Waals surface area (Å²) in [4.78, 5) is 16.5. The highest BCUT2D eigenvalue weighted by Gasteiger charge is 2.21. The van der Waals surface area contributed by atoms with E-state index < -0.39 is 0 Å². The first-order valence-electron chi connectivity index (χ1n) is 7.48. The number of hydrogen-bond donors (Lipinski definition) is 1. The van der Waals surface area contributed by atoms with E-state index in [1.807, 2.05) is 11.0 Å². The van der Waals surface area contributed by atoms with Crippen LogP contribution in [-0.4, -0.2) is 43.5 Å². The Hall–Kier alpha value is -1.55. The summed E-state index contributed by atoms with van der Waals surface area (Å²) < 4.78 is 0. The largest absolute Gasteiger partial charge is 0.368 e. The van der Waals surface area contributed by atoms with Crippen molar-refractivity contribution in [1.29, 1.82) is 0 Å². The lowest BCUT2D eigenvalue weighted by Crippen LogP contribution is -2.48. The minimum absolute atomic E-state index is 0.276. The van der Waals surface area contributed by atoms with Crippen molar-refractivity contribution < 1.29 is 4.79 Å². The number of anilines is 1. The summed E-state index contributed by atoms with van der Waals surface area (Å²) in [6, 6.07) is 10.4. The van der Waals surface area contributed by atoms with Gasteiger partial charge in [-0.15, -0.1) is 0 Å². The predicted octanol–water partition coefficient (Wildman–Crippen LogP) is 1.71. The van der Waals surface area contributed by atoms with Crippen molar-refractivity contribution in [3.8, 4) is 0 Å². The molecule has 1 saturated heterocycles. The fraction of sp³-hybridized carbons (Fsp3) is 0.562. The third-order valence-electron chi connectivity index (χ3n) is 4.01. The second kappa shape index (κ2) is 7.29. The van der Waals surface area contributed by atoms with Crippen molar-refractivity contribution in [2.45, 2.75) is 19.8 Å². The molecule has 0 radical (unpaired) electrons. The summed E-state index contributed by atoms with van der Waals surface area (Å²) in [7, 11) is 0. The molecular formula is C16H25N3O. The van der Waals surface area contributed by atoms with Crippen LogP contribution >= 0.6 is 0 Å². The molecule has 1 aromatic rings. The van der Waals surface area contributed by atoms with Crippen LogP contribution in [0, 0.1) is 5.92 Å². The number of piperazine rings is 1. The third kappa shape index (κ3) is 3.97. The molecule has 1 fully saturated rings. The zero-order valence-electron chi connectivity index (χ0n) is 12.3. The molecule has 0 aliphatic carbocycles. The summed E-state index contributed by atoms with van der Waals surface area (Å²) in [5.41, 5.74) is 6.83.